The smallest absolute Gasteiger partial charge is 0.222 e. The Bertz CT molecular complexity index is 715. The van der Waals surface area contributed by atoms with Gasteiger partial charge in [-0.25, -0.2) is 0 Å². The Labute approximate surface area is 175 Å². The van der Waals surface area contributed by atoms with Crippen LogP contribution < -0.4 is 10.6 Å². The highest BCUT2D eigenvalue weighted by Gasteiger charge is 2.29. The van der Waals surface area contributed by atoms with Crippen LogP contribution in [0.5, 0.6) is 0 Å². The Kier molecular flexibility index (Phi) is 7.53. The first kappa shape index (κ1) is 21.6. The molecule has 6 nitrogen and oxygen atoms in total. The number of rotatable bonds is 8. The summed E-state index contributed by atoms with van der Waals surface area (Å²) in [4.78, 5) is 21.1. The van der Waals surface area contributed by atoms with Gasteiger partial charge in [-0.2, -0.15) is 0 Å². The molecule has 0 saturated carbocycles. The van der Waals surface area contributed by atoms with Crippen LogP contribution in [0.25, 0.3) is 0 Å². The van der Waals surface area contributed by atoms with E-state index in [1.54, 1.807) is 0 Å². The van der Waals surface area contributed by atoms with Crippen LogP contribution in [0, 0.1) is 0 Å². The summed E-state index contributed by atoms with van der Waals surface area (Å²) in [5.41, 5.74) is 2.92. The van der Waals surface area contributed by atoms with Crippen LogP contribution >= 0.6 is 0 Å². The number of nitrogens with zero attached hydrogens (tertiary/aromatic N) is 3. The summed E-state index contributed by atoms with van der Waals surface area (Å²) >= 11 is 0. The van der Waals surface area contributed by atoms with Gasteiger partial charge in [0.2, 0.25) is 5.91 Å². The van der Waals surface area contributed by atoms with Crippen molar-refractivity contribution < 1.29 is 4.79 Å². The highest BCUT2D eigenvalue weighted by Crippen LogP contribution is 2.25. The Hall–Kier alpha value is -2.08. The maximum atomic E-state index is 11.7. The third-order valence-electron chi connectivity index (χ3n) is 6.02. The fraction of sp³-hybridized carbons (Fsp3) is 0.652. The van der Waals surface area contributed by atoms with Crippen molar-refractivity contribution in [3.63, 3.8) is 0 Å². The number of amides is 1. The molecule has 2 N–H and O–H groups in total. The second-order valence-corrected chi connectivity index (χ2v) is 8.71. The minimum Gasteiger partial charge on any atom is -0.357 e. The molecule has 0 radical (unpaired) electrons. The molecule has 0 aliphatic carbocycles. The third-order valence-corrected chi connectivity index (χ3v) is 6.02. The molecule has 160 valence electrons. The van der Waals surface area contributed by atoms with Gasteiger partial charge in [-0.15, -0.1) is 0 Å². The maximum absolute atomic E-state index is 11.7. The van der Waals surface area contributed by atoms with Crippen LogP contribution in [0.1, 0.15) is 51.2 Å². The van der Waals surface area contributed by atoms with Crippen molar-refractivity contribution in [1.29, 1.82) is 0 Å². The Balaban J connectivity index is 1.49. The van der Waals surface area contributed by atoms with E-state index >= 15 is 0 Å². The number of carbonyl (C=O) groups is 1. The van der Waals surface area contributed by atoms with Crippen LogP contribution in [0.2, 0.25) is 0 Å². The Morgan fingerprint density at radius 1 is 1.14 bits per heavy atom. The summed E-state index contributed by atoms with van der Waals surface area (Å²) in [5.74, 6) is 1.17. The number of carbonyl (C=O) groups excluding carboxylic acids is 1. The first-order valence-electron chi connectivity index (χ1n) is 11.1. The van der Waals surface area contributed by atoms with E-state index in [1.165, 1.54) is 11.1 Å². The van der Waals surface area contributed by atoms with Crippen LogP contribution in [-0.4, -0.2) is 66.5 Å². The summed E-state index contributed by atoms with van der Waals surface area (Å²) in [5, 5.41) is 6.78. The van der Waals surface area contributed by atoms with Crippen molar-refractivity contribution in [2.75, 3.05) is 39.3 Å². The van der Waals surface area contributed by atoms with Crippen molar-refractivity contribution in [3.8, 4) is 0 Å². The number of benzene rings is 1. The molecule has 3 rings (SSSR count). The van der Waals surface area contributed by atoms with Crippen molar-refractivity contribution >= 4 is 11.9 Å². The molecular weight excluding hydrogens is 362 g/mol. The molecule has 1 fully saturated rings. The monoisotopic (exact) mass is 399 g/mol. The first-order valence-corrected chi connectivity index (χ1v) is 11.1. The molecule has 2 aliphatic rings. The largest absolute Gasteiger partial charge is 0.357 e. The summed E-state index contributed by atoms with van der Waals surface area (Å²) in [6.07, 6.45) is 3.78. The molecule has 0 aromatic heterocycles. The number of fused-ring (bicyclic) bond motifs is 1. The van der Waals surface area contributed by atoms with E-state index in [9.17, 15) is 4.79 Å². The lowest BCUT2D eigenvalue weighted by Gasteiger charge is -2.40. The van der Waals surface area contributed by atoms with Crippen LogP contribution in [-0.2, 0) is 17.8 Å². The number of aliphatic imine (C=N–C) groups is 1. The molecule has 0 bridgehead atoms. The lowest BCUT2D eigenvalue weighted by atomic mass is 9.94. The van der Waals surface area contributed by atoms with Crippen LogP contribution in [0.3, 0.4) is 0 Å². The van der Waals surface area contributed by atoms with Crippen LogP contribution in [0.4, 0.5) is 0 Å². The number of guanidine groups is 1. The van der Waals surface area contributed by atoms with E-state index in [1.807, 2.05) is 4.90 Å². The van der Waals surface area contributed by atoms with Gasteiger partial charge in [-0.3, -0.25) is 14.7 Å². The van der Waals surface area contributed by atoms with Gasteiger partial charge in [0.15, 0.2) is 5.96 Å². The van der Waals surface area contributed by atoms with E-state index < -0.39 is 0 Å². The van der Waals surface area contributed by atoms with Gasteiger partial charge in [0, 0.05) is 51.2 Å². The van der Waals surface area contributed by atoms with Gasteiger partial charge in [-0.05, 0) is 51.2 Å². The summed E-state index contributed by atoms with van der Waals surface area (Å²) in [6, 6.07) is 8.77. The molecular formula is C23H37N5O. The number of likely N-dealkylation sites (tertiary alicyclic amines) is 1. The highest BCUT2D eigenvalue weighted by atomic mass is 16.2. The van der Waals surface area contributed by atoms with Gasteiger partial charge >= 0.3 is 0 Å². The zero-order chi connectivity index (χ0) is 20.7. The summed E-state index contributed by atoms with van der Waals surface area (Å²) in [6.45, 7) is 12.9. The molecule has 1 aromatic carbocycles. The standard InChI is InChI=1S/C23H37N5O/c1-4-24-22(25-13-8-15-27-14-7-11-21(27)29)26-18-23(2,3)28-16-12-19-9-5-6-10-20(19)17-28/h5-6,9-10H,4,7-8,11-18H2,1-3H3,(H2,24,25,26). The maximum Gasteiger partial charge on any atom is 0.222 e. The van der Waals surface area contributed by atoms with E-state index in [4.69, 9.17) is 4.99 Å². The van der Waals surface area contributed by atoms with E-state index in [0.29, 0.717) is 12.3 Å². The van der Waals surface area contributed by atoms with Gasteiger partial charge in [-0.1, -0.05) is 24.3 Å². The molecule has 0 unspecified atom stereocenters. The molecule has 0 spiro atoms. The van der Waals surface area contributed by atoms with Gasteiger partial charge in [0.1, 0.15) is 0 Å². The molecule has 2 heterocycles. The fourth-order valence-corrected chi connectivity index (χ4v) is 4.14. The lowest BCUT2D eigenvalue weighted by Crippen LogP contribution is -2.49. The van der Waals surface area contributed by atoms with Crippen LogP contribution in [0.15, 0.2) is 29.3 Å². The third kappa shape index (κ3) is 5.95. The Morgan fingerprint density at radius 3 is 2.66 bits per heavy atom. The SMILES string of the molecule is CCNC(=NCC(C)(C)N1CCc2ccccc2C1)NCCCN1CCCC1=O. The van der Waals surface area contributed by atoms with Gasteiger partial charge in [0.05, 0.1) is 6.54 Å². The minimum atomic E-state index is -0.00213. The van der Waals surface area contributed by atoms with Crippen molar-refractivity contribution in [2.24, 2.45) is 4.99 Å². The number of hydrogen-bond acceptors (Lipinski definition) is 3. The Morgan fingerprint density at radius 2 is 1.93 bits per heavy atom. The van der Waals surface area contributed by atoms with E-state index in [2.05, 4.69) is 60.6 Å². The predicted octanol–water partition coefficient (Wildman–Crippen LogP) is 2.39. The summed E-state index contributed by atoms with van der Waals surface area (Å²) in [7, 11) is 0. The van der Waals surface area contributed by atoms with E-state index in [0.717, 1.165) is 71.0 Å². The second kappa shape index (κ2) is 10.1. The molecule has 29 heavy (non-hydrogen) atoms. The first-order chi connectivity index (χ1) is 14.0. The van der Waals surface area contributed by atoms with Crippen molar-refractivity contribution in [2.45, 2.75) is 58.5 Å². The molecule has 6 heteroatoms. The van der Waals surface area contributed by atoms with Crippen molar-refractivity contribution in [1.82, 2.24) is 20.4 Å². The normalized spacial score (nSPS) is 18.1. The second-order valence-electron chi connectivity index (χ2n) is 8.71. The molecule has 1 aromatic rings. The number of nitrogens with one attached hydrogen (secondary N) is 2. The fourth-order valence-electron chi connectivity index (χ4n) is 4.14. The van der Waals surface area contributed by atoms with Crippen molar-refractivity contribution in [3.05, 3.63) is 35.4 Å². The highest BCUT2D eigenvalue weighted by molar-refractivity contribution is 5.80. The molecule has 0 atom stereocenters. The molecule has 1 amide bonds. The quantitative estimate of drug-likeness (QED) is 0.400. The lowest BCUT2D eigenvalue weighted by molar-refractivity contribution is -0.127. The zero-order valence-electron chi connectivity index (χ0n) is 18.3. The number of hydrogen-bond donors (Lipinski definition) is 2. The summed E-state index contributed by atoms with van der Waals surface area (Å²) < 4.78 is 0. The van der Waals surface area contributed by atoms with Gasteiger partial charge in [0.25, 0.3) is 0 Å². The zero-order valence-corrected chi connectivity index (χ0v) is 18.3. The predicted molar refractivity (Wildman–Crippen MR) is 119 cm³/mol. The average Bonchev–Trinajstić information content (AvgIpc) is 3.13. The van der Waals surface area contributed by atoms with E-state index in [-0.39, 0.29) is 5.54 Å². The molecule has 2 aliphatic heterocycles. The molecule has 1 saturated heterocycles. The minimum absolute atomic E-state index is 0.00213. The van der Waals surface area contributed by atoms with Gasteiger partial charge < -0.3 is 15.5 Å². The topological polar surface area (TPSA) is 60.0 Å². The average molecular weight is 400 g/mol.